The first-order valence-electron chi connectivity index (χ1n) is 7.85. The van der Waals surface area contributed by atoms with Crippen molar-refractivity contribution in [2.45, 2.75) is 32.4 Å². The molecule has 0 aliphatic carbocycles. The van der Waals surface area contributed by atoms with Crippen molar-refractivity contribution in [2.75, 3.05) is 26.3 Å². The average molecular weight is 346 g/mol. The SMILES string of the molecule is CCC1(CO)CCN(C(=O)c2cccc(OCC(F)(F)F)n2)CC1. The molecular weight excluding hydrogens is 325 g/mol. The smallest absolute Gasteiger partial charge is 0.422 e. The summed E-state index contributed by atoms with van der Waals surface area (Å²) in [5.74, 6) is -0.566. The molecule has 1 aliphatic heterocycles. The Hall–Kier alpha value is -1.83. The van der Waals surface area contributed by atoms with Crippen molar-refractivity contribution >= 4 is 5.91 Å². The maximum atomic E-state index is 12.5. The van der Waals surface area contributed by atoms with Crippen LogP contribution in [0, 0.1) is 5.41 Å². The van der Waals surface area contributed by atoms with E-state index in [-0.39, 0.29) is 29.5 Å². The Morgan fingerprint density at radius 3 is 2.58 bits per heavy atom. The van der Waals surface area contributed by atoms with Crippen molar-refractivity contribution in [2.24, 2.45) is 5.41 Å². The summed E-state index contributed by atoms with van der Waals surface area (Å²) in [7, 11) is 0. The molecule has 134 valence electrons. The minimum atomic E-state index is -4.46. The molecule has 24 heavy (non-hydrogen) atoms. The predicted molar refractivity (Wildman–Crippen MR) is 80.7 cm³/mol. The van der Waals surface area contributed by atoms with Crippen molar-refractivity contribution in [3.63, 3.8) is 0 Å². The van der Waals surface area contributed by atoms with Crippen molar-refractivity contribution in [1.82, 2.24) is 9.88 Å². The molecule has 1 aromatic heterocycles. The summed E-state index contributed by atoms with van der Waals surface area (Å²) in [6.45, 7) is 1.63. The summed E-state index contributed by atoms with van der Waals surface area (Å²) in [4.78, 5) is 17.9. The number of alkyl halides is 3. The molecule has 0 aromatic carbocycles. The van der Waals surface area contributed by atoms with E-state index in [1.165, 1.54) is 18.2 Å². The number of halogens is 3. The van der Waals surface area contributed by atoms with Gasteiger partial charge in [0.25, 0.3) is 5.91 Å². The van der Waals surface area contributed by atoms with Crippen LogP contribution in [-0.2, 0) is 0 Å². The van der Waals surface area contributed by atoms with E-state index in [1.807, 2.05) is 6.92 Å². The minimum absolute atomic E-state index is 0.0580. The fraction of sp³-hybridized carbons (Fsp3) is 0.625. The second-order valence-corrected chi connectivity index (χ2v) is 6.07. The quantitative estimate of drug-likeness (QED) is 0.890. The first kappa shape index (κ1) is 18.5. The molecule has 1 fully saturated rings. The van der Waals surface area contributed by atoms with Gasteiger partial charge >= 0.3 is 6.18 Å². The van der Waals surface area contributed by atoms with Crippen LogP contribution < -0.4 is 4.74 Å². The number of likely N-dealkylation sites (tertiary alicyclic amines) is 1. The molecule has 1 saturated heterocycles. The number of ether oxygens (including phenoxy) is 1. The number of carbonyl (C=O) groups is 1. The Morgan fingerprint density at radius 1 is 1.38 bits per heavy atom. The van der Waals surface area contributed by atoms with E-state index in [0.717, 1.165) is 6.42 Å². The molecule has 0 atom stereocenters. The van der Waals surface area contributed by atoms with E-state index in [2.05, 4.69) is 9.72 Å². The topological polar surface area (TPSA) is 62.7 Å². The van der Waals surface area contributed by atoms with Gasteiger partial charge in [-0.05, 0) is 30.7 Å². The third-order valence-electron chi connectivity index (χ3n) is 4.52. The Morgan fingerprint density at radius 2 is 2.04 bits per heavy atom. The van der Waals surface area contributed by atoms with Gasteiger partial charge in [-0.25, -0.2) is 4.98 Å². The number of aliphatic hydroxyl groups is 1. The summed E-state index contributed by atoms with van der Waals surface area (Å²) >= 11 is 0. The van der Waals surface area contributed by atoms with Gasteiger partial charge in [-0.1, -0.05) is 13.0 Å². The van der Waals surface area contributed by atoms with Gasteiger partial charge in [-0.3, -0.25) is 4.79 Å². The molecule has 1 aromatic rings. The molecule has 0 spiro atoms. The summed E-state index contributed by atoms with van der Waals surface area (Å²) in [6.07, 6.45) is -2.24. The minimum Gasteiger partial charge on any atom is -0.468 e. The van der Waals surface area contributed by atoms with E-state index in [9.17, 15) is 23.1 Å². The van der Waals surface area contributed by atoms with Crippen LogP contribution in [0.25, 0.3) is 0 Å². The van der Waals surface area contributed by atoms with Crippen molar-refractivity contribution in [3.05, 3.63) is 23.9 Å². The molecule has 5 nitrogen and oxygen atoms in total. The summed E-state index contributed by atoms with van der Waals surface area (Å²) in [5.41, 5.74) is -0.0929. The van der Waals surface area contributed by atoms with Gasteiger partial charge in [0.2, 0.25) is 5.88 Å². The summed E-state index contributed by atoms with van der Waals surface area (Å²) in [6, 6.07) is 4.18. The lowest BCUT2D eigenvalue weighted by molar-refractivity contribution is -0.154. The molecule has 2 heterocycles. The number of piperidine rings is 1. The predicted octanol–water partition coefficient (Wildman–Crippen LogP) is 2.65. The number of carbonyl (C=O) groups excluding carboxylic acids is 1. The van der Waals surface area contributed by atoms with Gasteiger partial charge in [0.1, 0.15) is 5.69 Å². The Balaban J connectivity index is 2.00. The fourth-order valence-electron chi connectivity index (χ4n) is 2.74. The van der Waals surface area contributed by atoms with Crippen molar-refractivity contribution < 1.29 is 27.8 Å². The van der Waals surface area contributed by atoms with Gasteiger partial charge < -0.3 is 14.7 Å². The monoisotopic (exact) mass is 346 g/mol. The number of hydrogen-bond donors (Lipinski definition) is 1. The van der Waals surface area contributed by atoms with Gasteiger partial charge in [-0.15, -0.1) is 0 Å². The fourth-order valence-corrected chi connectivity index (χ4v) is 2.74. The molecule has 8 heteroatoms. The normalized spacial score (nSPS) is 17.6. The number of aliphatic hydroxyl groups excluding tert-OH is 1. The highest BCUT2D eigenvalue weighted by Crippen LogP contribution is 2.34. The number of pyridine rings is 1. The third kappa shape index (κ3) is 4.59. The van der Waals surface area contributed by atoms with Crippen LogP contribution in [0.3, 0.4) is 0 Å². The molecule has 0 bridgehead atoms. The Bertz CT molecular complexity index is 564. The lowest BCUT2D eigenvalue weighted by Gasteiger charge is -2.40. The first-order valence-corrected chi connectivity index (χ1v) is 7.85. The largest absolute Gasteiger partial charge is 0.468 e. The van der Waals surface area contributed by atoms with Crippen LogP contribution in [0.2, 0.25) is 0 Å². The Kier molecular flexibility index (Phi) is 5.69. The first-order chi connectivity index (χ1) is 11.3. The van der Waals surface area contributed by atoms with Gasteiger partial charge in [0.15, 0.2) is 6.61 Å². The summed E-state index contributed by atoms with van der Waals surface area (Å²) < 4.78 is 41.1. The van der Waals surface area contributed by atoms with E-state index in [4.69, 9.17) is 0 Å². The number of amides is 1. The molecule has 1 aliphatic rings. The standard InChI is InChI=1S/C16H21F3N2O3/c1-2-15(10-22)6-8-21(9-7-15)14(23)12-4-3-5-13(20-12)24-11-16(17,18)19/h3-5,22H,2,6-11H2,1H3. The van der Waals surface area contributed by atoms with Gasteiger partial charge in [-0.2, -0.15) is 13.2 Å². The molecule has 0 saturated carbocycles. The van der Waals surface area contributed by atoms with E-state index < -0.39 is 12.8 Å². The highest BCUT2D eigenvalue weighted by molar-refractivity contribution is 5.92. The lowest BCUT2D eigenvalue weighted by Crippen LogP contribution is -2.44. The molecule has 1 N–H and O–H groups in total. The molecular formula is C16H21F3N2O3. The Labute approximate surface area is 138 Å². The van der Waals surface area contributed by atoms with Crippen molar-refractivity contribution in [1.29, 1.82) is 0 Å². The second kappa shape index (κ2) is 7.38. The van der Waals surface area contributed by atoms with Crippen LogP contribution >= 0.6 is 0 Å². The lowest BCUT2D eigenvalue weighted by atomic mass is 9.77. The zero-order valence-electron chi connectivity index (χ0n) is 13.5. The van der Waals surface area contributed by atoms with Crippen molar-refractivity contribution in [3.8, 4) is 5.88 Å². The number of hydrogen-bond acceptors (Lipinski definition) is 4. The highest BCUT2D eigenvalue weighted by atomic mass is 19.4. The van der Waals surface area contributed by atoms with Crippen LogP contribution in [0.5, 0.6) is 5.88 Å². The maximum absolute atomic E-state index is 12.5. The van der Waals surface area contributed by atoms with Gasteiger partial charge in [0.05, 0.1) is 0 Å². The molecule has 1 amide bonds. The molecule has 0 radical (unpaired) electrons. The molecule has 0 unspecified atom stereocenters. The highest BCUT2D eigenvalue weighted by Gasteiger charge is 2.34. The van der Waals surface area contributed by atoms with E-state index in [1.54, 1.807) is 4.90 Å². The maximum Gasteiger partial charge on any atom is 0.422 e. The number of nitrogens with zero attached hydrogens (tertiary/aromatic N) is 2. The van der Waals surface area contributed by atoms with Crippen LogP contribution in [0.1, 0.15) is 36.7 Å². The zero-order chi connectivity index (χ0) is 17.8. The van der Waals surface area contributed by atoms with E-state index in [0.29, 0.717) is 25.9 Å². The average Bonchev–Trinajstić information content (AvgIpc) is 2.59. The van der Waals surface area contributed by atoms with E-state index >= 15 is 0 Å². The molecule has 2 rings (SSSR count). The summed E-state index contributed by atoms with van der Waals surface area (Å²) in [5, 5.41) is 9.52. The third-order valence-corrected chi connectivity index (χ3v) is 4.52. The number of rotatable bonds is 5. The zero-order valence-corrected chi connectivity index (χ0v) is 13.5. The van der Waals surface area contributed by atoms with Crippen LogP contribution in [-0.4, -0.2) is 53.4 Å². The van der Waals surface area contributed by atoms with Crippen LogP contribution in [0.4, 0.5) is 13.2 Å². The van der Waals surface area contributed by atoms with Crippen LogP contribution in [0.15, 0.2) is 18.2 Å². The number of aromatic nitrogens is 1. The second-order valence-electron chi connectivity index (χ2n) is 6.07. The van der Waals surface area contributed by atoms with Gasteiger partial charge in [0, 0.05) is 25.8 Å².